The average Bonchev–Trinajstić information content (AvgIpc) is 2.84. The Morgan fingerprint density at radius 3 is 2.26 bits per heavy atom. The summed E-state index contributed by atoms with van der Waals surface area (Å²) in [6, 6.07) is 3.66. The number of aryl methyl sites for hydroxylation is 1. The molecule has 0 aliphatic carbocycles. The number of benzene rings is 1. The molecule has 0 amide bonds. The van der Waals surface area contributed by atoms with Crippen molar-refractivity contribution in [3.63, 3.8) is 0 Å². The Kier molecular flexibility index (Phi) is 3.50. The van der Waals surface area contributed by atoms with E-state index in [0.717, 1.165) is 11.3 Å². The van der Waals surface area contributed by atoms with Gasteiger partial charge in [0.05, 0.1) is 32.7 Å². The minimum absolute atomic E-state index is 0.447. The van der Waals surface area contributed by atoms with E-state index in [4.69, 9.17) is 19.9 Å². The van der Waals surface area contributed by atoms with Crippen LogP contribution < -0.4 is 19.9 Å². The summed E-state index contributed by atoms with van der Waals surface area (Å²) in [6.07, 6.45) is 1.85. The summed E-state index contributed by atoms with van der Waals surface area (Å²) in [5.74, 6) is 1.47. The number of anilines is 1. The van der Waals surface area contributed by atoms with Crippen LogP contribution in [0.25, 0.3) is 11.3 Å². The Morgan fingerprint density at radius 1 is 1.11 bits per heavy atom. The first-order valence-electron chi connectivity index (χ1n) is 5.70. The number of rotatable bonds is 4. The maximum absolute atomic E-state index is 6.13. The molecule has 0 saturated heterocycles. The zero-order valence-electron chi connectivity index (χ0n) is 11.4. The second-order valence-corrected chi connectivity index (χ2v) is 3.98. The van der Waals surface area contributed by atoms with Crippen molar-refractivity contribution in [3.05, 3.63) is 18.3 Å². The Hall–Kier alpha value is -2.37. The van der Waals surface area contributed by atoms with E-state index >= 15 is 0 Å². The standard InChI is InChI=1S/C13H17N3O3/c1-16-6-5-9(15-16)8-7-10(17-2)12(18-3)13(19-4)11(8)14/h5-7H,14H2,1-4H3. The van der Waals surface area contributed by atoms with E-state index < -0.39 is 0 Å². The quantitative estimate of drug-likeness (QED) is 0.850. The third-order valence-electron chi connectivity index (χ3n) is 2.86. The molecule has 0 aliphatic heterocycles. The summed E-state index contributed by atoms with van der Waals surface area (Å²) < 4.78 is 17.6. The fourth-order valence-corrected chi connectivity index (χ4v) is 1.95. The highest BCUT2D eigenvalue weighted by molar-refractivity contribution is 5.84. The lowest BCUT2D eigenvalue weighted by Gasteiger charge is -2.16. The van der Waals surface area contributed by atoms with Gasteiger partial charge < -0.3 is 19.9 Å². The van der Waals surface area contributed by atoms with Crippen molar-refractivity contribution in [2.75, 3.05) is 27.1 Å². The van der Waals surface area contributed by atoms with Gasteiger partial charge in [-0.2, -0.15) is 5.10 Å². The summed E-state index contributed by atoms with van der Waals surface area (Å²) in [4.78, 5) is 0. The Bertz CT molecular complexity index is 593. The monoisotopic (exact) mass is 263 g/mol. The summed E-state index contributed by atoms with van der Waals surface area (Å²) >= 11 is 0. The van der Waals surface area contributed by atoms with Gasteiger partial charge in [-0.25, -0.2) is 0 Å². The zero-order valence-corrected chi connectivity index (χ0v) is 11.4. The van der Waals surface area contributed by atoms with Crippen molar-refractivity contribution < 1.29 is 14.2 Å². The number of nitrogens with two attached hydrogens (primary N) is 1. The fourth-order valence-electron chi connectivity index (χ4n) is 1.95. The van der Waals surface area contributed by atoms with Crippen LogP contribution in [0.15, 0.2) is 18.3 Å². The van der Waals surface area contributed by atoms with Crippen molar-refractivity contribution in [1.29, 1.82) is 0 Å². The first-order valence-corrected chi connectivity index (χ1v) is 5.70. The lowest BCUT2D eigenvalue weighted by Crippen LogP contribution is -2.01. The molecular weight excluding hydrogens is 246 g/mol. The van der Waals surface area contributed by atoms with Gasteiger partial charge in [0.25, 0.3) is 0 Å². The van der Waals surface area contributed by atoms with Crippen LogP contribution in [-0.2, 0) is 7.05 Å². The van der Waals surface area contributed by atoms with Crippen LogP contribution in [0, 0.1) is 0 Å². The molecule has 0 fully saturated rings. The normalized spacial score (nSPS) is 10.3. The molecule has 19 heavy (non-hydrogen) atoms. The van der Waals surface area contributed by atoms with E-state index in [0.29, 0.717) is 22.9 Å². The highest BCUT2D eigenvalue weighted by atomic mass is 16.5. The van der Waals surface area contributed by atoms with Crippen molar-refractivity contribution in [3.8, 4) is 28.5 Å². The zero-order chi connectivity index (χ0) is 14.0. The van der Waals surface area contributed by atoms with E-state index in [9.17, 15) is 0 Å². The van der Waals surface area contributed by atoms with Crippen LogP contribution in [0.2, 0.25) is 0 Å². The molecule has 2 aromatic rings. The van der Waals surface area contributed by atoms with Crippen LogP contribution in [0.4, 0.5) is 5.69 Å². The second kappa shape index (κ2) is 5.09. The highest BCUT2D eigenvalue weighted by Gasteiger charge is 2.20. The van der Waals surface area contributed by atoms with Crippen LogP contribution in [0.5, 0.6) is 17.2 Å². The van der Waals surface area contributed by atoms with Gasteiger partial charge in [-0.15, -0.1) is 0 Å². The molecule has 6 nitrogen and oxygen atoms in total. The molecule has 102 valence electrons. The van der Waals surface area contributed by atoms with E-state index in [1.807, 2.05) is 19.3 Å². The SMILES string of the molecule is COc1cc(-c2ccn(C)n2)c(N)c(OC)c1OC. The molecule has 6 heteroatoms. The van der Waals surface area contributed by atoms with Gasteiger partial charge in [0, 0.05) is 18.8 Å². The van der Waals surface area contributed by atoms with Gasteiger partial charge in [-0.3, -0.25) is 4.68 Å². The summed E-state index contributed by atoms with van der Waals surface area (Å²) in [5.41, 5.74) is 8.09. The molecule has 0 bridgehead atoms. The van der Waals surface area contributed by atoms with Crippen LogP contribution in [0.1, 0.15) is 0 Å². The molecular formula is C13H17N3O3. The van der Waals surface area contributed by atoms with E-state index in [1.165, 1.54) is 7.11 Å². The Balaban J connectivity index is 2.68. The number of hydrogen-bond donors (Lipinski definition) is 1. The average molecular weight is 263 g/mol. The molecule has 1 aromatic heterocycles. The van der Waals surface area contributed by atoms with E-state index in [-0.39, 0.29) is 0 Å². The Morgan fingerprint density at radius 2 is 1.79 bits per heavy atom. The molecule has 0 saturated carbocycles. The predicted octanol–water partition coefficient (Wildman–Crippen LogP) is 1.70. The van der Waals surface area contributed by atoms with Crippen molar-refractivity contribution in [2.24, 2.45) is 7.05 Å². The summed E-state index contributed by atoms with van der Waals surface area (Å²) in [6.45, 7) is 0. The van der Waals surface area contributed by atoms with E-state index in [2.05, 4.69) is 5.10 Å². The second-order valence-electron chi connectivity index (χ2n) is 3.98. The Labute approximate surface area is 111 Å². The smallest absolute Gasteiger partial charge is 0.205 e. The van der Waals surface area contributed by atoms with Crippen LogP contribution >= 0.6 is 0 Å². The van der Waals surface area contributed by atoms with Gasteiger partial charge >= 0.3 is 0 Å². The largest absolute Gasteiger partial charge is 0.493 e. The number of aromatic nitrogens is 2. The van der Waals surface area contributed by atoms with Crippen molar-refractivity contribution in [2.45, 2.75) is 0 Å². The fraction of sp³-hybridized carbons (Fsp3) is 0.308. The van der Waals surface area contributed by atoms with Gasteiger partial charge in [0.15, 0.2) is 11.5 Å². The highest BCUT2D eigenvalue weighted by Crippen LogP contribution is 2.46. The molecule has 2 rings (SSSR count). The first-order chi connectivity index (χ1) is 9.12. The van der Waals surface area contributed by atoms with Crippen molar-refractivity contribution >= 4 is 5.69 Å². The summed E-state index contributed by atoms with van der Waals surface area (Å²) in [7, 11) is 6.49. The van der Waals surface area contributed by atoms with Crippen molar-refractivity contribution in [1.82, 2.24) is 9.78 Å². The molecule has 2 N–H and O–H groups in total. The maximum Gasteiger partial charge on any atom is 0.205 e. The molecule has 0 atom stereocenters. The lowest BCUT2D eigenvalue weighted by atomic mass is 10.1. The predicted molar refractivity (Wildman–Crippen MR) is 72.7 cm³/mol. The molecule has 0 unspecified atom stereocenters. The third-order valence-corrected chi connectivity index (χ3v) is 2.86. The molecule has 0 aliphatic rings. The lowest BCUT2D eigenvalue weighted by molar-refractivity contribution is 0.325. The van der Waals surface area contributed by atoms with Crippen LogP contribution in [-0.4, -0.2) is 31.1 Å². The molecule has 1 aromatic carbocycles. The van der Waals surface area contributed by atoms with E-state index in [1.54, 1.807) is 25.0 Å². The minimum atomic E-state index is 0.447. The number of nitrogens with zero attached hydrogens (tertiary/aromatic N) is 2. The maximum atomic E-state index is 6.13. The minimum Gasteiger partial charge on any atom is -0.493 e. The third kappa shape index (κ3) is 2.16. The molecule has 0 spiro atoms. The number of nitrogen functional groups attached to an aromatic ring is 1. The number of hydrogen-bond acceptors (Lipinski definition) is 5. The first kappa shape index (κ1) is 13.1. The number of methoxy groups -OCH3 is 3. The topological polar surface area (TPSA) is 71.5 Å². The summed E-state index contributed by atoms with van der Waals surface area (Å²) in [5, 5.41) is 4.33. The van der Waals surface area contributed by atoms with Gasteiger partial charge in [0.2, 0.25) is 5.75 Å². The van der Waals surface area contributed by atoms with Gasteiger partial charge in [-0.1, -0.05) is 0 Å². The van der Waals surface area contributed by atoms with Gasteiger partial charge in [0.1, 0.15) is 0 Å². The van der Waals surface area contributed by atoms with Crippen LogP contribution in [0.3, 0.4) is 0 Å². The van der Waals surface area contributed by atoms with Gasteiger partial charge in [-0.05, 0) is 12.1 Å². The molecule has 1 heterocycles. The number of ether oxygens (including phenoxy) is 3. The molecule has 0 radical (unpaired) electrons.